The second-order valence-electron chi connectivity index (χ2n) is 5.78. The monoisotopic (exact) mass is 316 g/mol. The van der Waals surface area contributed by atoms with Crippen LogP contribution in [0.2, 0.25) is 0 Å². The van der Waals surface area contributed by atoms with Gasteiger partial charge in [0.1, 0.15) is 6.10 Å². The number of hydrogen-bond acceptors (Lipinski definition) is 6. The molecule has 0 aliphatic carbocycles. The first-order valence-electron chi connectivity index (χ1n) is 7.01. The molecule has 3 heterocycles. The summed E-state index contributed by atoms with van der Waals surface area (Å²) in [5.41, 5.74) is 0. The Bertz CT molecular complexity index is 615. The summed E-state index contributed by atoms with van der Waals surface area (Å²) in [5.74, 6) is 1.42. The zero-order valence-electron chi connectivity index (χ0n) is 12.4. The predicted molar refractivity (Wildman–Crippen MR) is 73.6 cm³/mol. The minimum Gasteiger partial charge on any atom is -0.363 e. The highest BCUT2D eigenvalue weighted by Gasteiger charge is 2.44. The quantitative estimate of drug-likeness (QED) is 0.799. The van der Waals surface area contributed by atoms with Crippen molar-refractivity contribution in [2.75, 3.05) is 27.2 Å². The van der Waals surface area contributed by atoms with Gasteiger partial charge in [0.2, 0.25) is 0 Å². The van der Waals surface area contributed by atoms with Gasteiger partial charge in [0.25, 0.3) is 16.1 Å². The normalized spacial score (nSPS) is 30.8. The molecule has 8 nitrogen and oxygen atoms in total. The lowest BCUT2D eigenvalue weighted by molar-refractivity contribution is -0.00269. The molecular weight excluding hydrogens is 296 g/mol. The van der Waals surface area contributed by atoms with Gasteiger partial charge < -0.3 is 9.26 Å². The number of hydrogen-bond donors (Lipinski definition) is 0. The van der Waals surface area contributed by atoms with Gasteiger partial charge >= 0.3 is 0 Å². The summed E-state index contributed by atoms with van der Waals surface area (Å²) < 4.78 is 38.2. The van der Waals surface area contributed by atoms with Crippen LogP contribution in [-0.2, 0) is 14.9 Å². The van der Waals surface area contributed by atoms with Crippen molar-refractivity contribution in [3.8, 4) is 0 Å². The standard InChI is InChI=1S/C12H20N4O4S/c1-8-13-12(20-14-8)10-6-9-4-5-16(7-11(9)19-10)21(17,18)15(2)3/h9-11H,4-7H2,1-3H3/t9-,10-,11+/m1/s1. The van der Waals surface area contributed by atoms with Crippen molar-refractivity contribution in [3.63, 3.8) is 0 Å². The lowest BCUT2D eigenvalue weighted by atomic mass is 9.93. The minimum atomic E-state index is -3.38. The number of fused-ring (bicyclic) bond motifs is 1. The molecule has 0 bridgehead atoms. The number of aromatic nitrogens is 2. The van der Waals surface area contributed by atoms with Crippen molar-refractivity contribution in [1.82, 2.24) is 18.8 Å². The Hall–Kier alpha value is -1.03. The lowest BCUT2D eigenvalue weighted by Crippen LogP contribution is -2.49. The first-order valence-corrected chi connectivity index (χ1v) is 8.41. The van der Waals surface area contributed by atoms with Gasteiger partial charge in [-0.25, -0.2) is 0 Å². The Morgan fingerprint density at radius 3 is 2.76 bits per heavy atom. The van der Waals surface area contributed by atoms with Gasteiger partial charge in [-0.2, -0.15) is 22.0 Å². The molecular formula is C12H20N4O4S. The van der Waals surface area contributed by atoms with Gasteiger partial charge in [-0.3, -0.25) is 0 Å². The molecule has 9 heteroatoms. The van der Waals surface area contributed by atoms with Gasteiger partial charge in [-0.1, -0.05) is 5.16 Å². The molecule has 2 aliphatic heterocycles. The third kappa shape index (κ3) is 2.70. The maximum Gasteiger partial charge on any atom is 0.281 e. The molecule has 3 atom stereocenters. The molecule has 0 spiro atoms. The van der Waals surface area contributed by atoms with E-state index in [0.717, 1.165) is 12.8 Å². The second-order valence-corrected chi connectivity index (χ2v) is 7.92. The van der Waals surface area contributed by atoms with Crippen LogP contribution in [0.4, 0.5) is 0 Å². The van der Waals surface area contributed by atoms with E-state index in [9.17, 15) is 8.42 Å². The first kappa shape index (κ1) is 14.9. The molecule has 0 amide bonds. The maximum absolute atomic E-state index is 12.2. The van der Waals surface area contributed by atoms with Crippen LogP contribution in [0.15, 0.2) is 4.52 Å². The first-order chi connectivity index (χ1) is 9.88. The topological polar surface area (TPSA) is 88.8 Å². The van der Waals surface area contributed by atoms with E-state index < -0.39 is 10.2 Å². The Morgan fingerprint density at radius 2 is 2.14 bits per heavy atom. The molecule has 21 heavy (non-hydrogen) atoms. The number of aryl methyl sites for hydroxylation is 1. The average molecular weight is 316 g/mol. The summed E-state index contributed by atoms with van der Waals surface area (Å²) in [7, 11) is -0.296. The van der Waals surface area contributed by atoms with Crippen LogP contribution < -0.4 is 0 Å². The smallest absolute Gasteiger partial charge is 0.281 e. The molecule has 1 aromatic heterocycles. The Balaban J connectivity index is 1.70. The van der Waals surface area contributed by atoms with Gasteiger partial charge in [-0.05, 0) is 25.7 Å². The van der Waals surface area contributed by atoms with Crippen molar-refractivity contribution >= 4 is 10.2 Å². The summed E-state index contributed by atoms with van der Waals surface area (Å²) in [6, 6.07) is 0. The summed E-state index contributed by atoms with van der Waals surface area (Å²) in [6.07, 6.45) is 1.28. The zero-order valence-corrected chi connectivity index (χ0v) is 13.2. The highest BCUT2D eigenvalue weighted by Crippen LogP contribution is 2.40. The fourth-order valence-corrected chi connectivity index (χ4v) is 4.08. The third-order valence-corrected chi connectivity index (χ3v) is 6.03. The van der Waals surface area contributed by atoms with E-state index in [2.05, 4.69) is 10.1 Å². The average Bonchev–Trinajstić information content (AvgIpc) is 3.03. The molecule has 2 fully saturated rings. The molecule has 0 saturated carbocycles. The van der Waals surface area contributed by atoms with Crippen molar-refractivity contribution in [1.29, 1.82) is 0 Å². The molecule has 0 N–H and O–H groups in total. The van der Waals surface area contributed by atoms with E-state index >= 15 is 0 Å². The maximum atomic E-state index is 12.2. The SMILES string of the molecule is Cc1noc([C@H]2C[C@H]3CCN(S(=O)(=O)N(C)C)C[C@@H]3O2)n1. The third-order valence-electron chi connectivity index (χ3n) is 4.12. The zero-order chi connectivity index (χ0) is 15.2. The number of ether oxygens (including phenoxy) is 1. The van der Waals surface area contributed by atoms with Crippen molar-refractivity contribution in [2.24, 2.45) is 5.92 Å². The fraction of sp³-hybridized carbons (Fsp3) is 0.833. The van der Waals surface area contributed by atoms with Gasteiger partial charge in [-0.15, -0.1) is 0 Å². The van der Waals surface area contributed by atoms with Crippen molar-refractivity contribution < 1.29 is 17.7 Å². The van der Waals surface area contributed by atoms with Gasteiger partial charge in [0.15, 0.2) is 5.82 Å². The predicted octanol–water partition coefficient (Wildman–Crippen LogP) is 0.336. The van der Waals surface area contributed by atoms with E-state index in [-0.39, 0.29) is 12.2 Å². The van der Waals surface area contributed by atoms with E-state index in [1.54, 1.807) is 21.0 Å². The molecule has 0 aromatic carbocycles. The van der Waals surface area contributed by atoms with Crippen molar-refractivity contribution in [2.45, 2.75) is 32.0 Å². The molecule has 2 aliphatic rings. The Kier molecular flexibility index (Phi) is 3.76. The van der Waals surface area contributed by atoms with E-state index in [1.807, 2.05) is 0 Å². The highest BCUT2D eigenvalue weighted by atomic mass is 32.2. The lowest BCUT2D eigenvalue weighted by Gasteiger charge is -2.34. The van der Waals surface area contributed by atoms with Crippen LogP contribution in [0.25, 0.3) is 0 Å². The minimum absolute atomic E-state index is 0.106. The van der Waals surface area contributed by atoms with Crippen LogP contribution in [0.3, 0.4) is 0 Å². The number of rotatable bonds is 3. The fourth-order valence-electron chi connectivity index (χ4n) is 2.95. The number of nitrogens with zero attached hydrogens (tertiary/aromatic N) is 4. The molecule has 2 saturated heterocycles. The molecule has 0 unspecified atom stereocenters. The van der Waals surface area contributed by atoms with Crippen LogP contribution in [-0.4, -0.2) is 60.5 Å². The number of piperidine rings is 1. The molecule has 0 radical (unpaired) electrons. The highest BCUT2D eigenvalue weighted by molar-refractivity contribution is 7.86. The Labute approximate surface area is 124 Å². The molecule has 118 valence electrons. The largest absolute Gasteiger partial charge is 0.363 e. The summed E-state index contributed by atoms with van der Waals surface area (Å²) in [6.45, 7) is 2.68. The van der Waals surface area contributed by atoms with Crippen LogP contribution >= 0.6 is 0 Å². The molecule has 3 rings (SSSR count). The summed E-state index contributed by atoms with van der Waals surface area (Å²) >= 11 is 0. The van der Waals surface area contributed by atoms with E-state index in [1.165, 1.54) is 8.61 Å². The summed E-state index contributed by atoms with van der Waals surface area (Å²) in [4.78, 5) is 4.20. The van der Waals surface area contributed by atoms with Crippen molar-refractivity contribution in [3.05, 3.63) is 11.7 Å². The van der Waals surface area contributed by atoms with Gasteiger partial charge in [0, 0.05) is 27.2 Å². The van der Waals surface area contributed by atoms with E-state index in [4.69, 9.17) is 9.26 Å². The molecule has 1 aromatic rings. The second kappa shape index (κ2) is 5.31. The summed E-state index contributed by atoms with van der Waals surface area (Å²) in [5, 5.41) is 3.78. The van der Waals surface area contributed by atoms with E-state index in [0.29, 0.717) is 30.7 Å². The van der Waals surface area contributed by atoms with Crippen LogP contribution in [0.1, 0.15) is 30.7 Å². The van der Waals surface area contributed by atoms with Crippen LogP contribution in [0, 0.1) is 12.8 Å². The van der Waals surface area contributed by atoms with Gasteiger partial charge in [0.05, 0.1) is 6.10 Å². The van der Waals surface area contributed by atoms with Crippen LogP contribution in [0.5, 0.6) is 0 Å². The Morgan fingerprint density at radius 1 is 1.38 bits per heavy atom.